The fourth-order valence-corrected chi connectivity index (χ4v) is 1.52. The summed E-state index contributed by atoms with van der Waals surface area (Å²) >= 11 is 0. The first-order chi connectivity index (χ1) is 8.65. The summed E-state index contributed by atoms with van der Waals surface area (Å²) in [5, 5.41) is 31.1. The van der Waals surface area contributed by atoms with Gasteiger partial charge in [-0.3, -0.25) is 0 Å². The number of nitrogens with zero attached hydrogens (tertiary/aromatic N) is 3. The van der Waals surface area contributed by atoms with Crippen LogP contribution in [0.1, 0.15) is 5.56 Å². The van der Waals surface area contributed by atoms with Crippen LogP contribution in [0.3, 0.4) is 0 Å². The Morgan fingerprint density at radius 3 is 2.78 bits per heavy atom. The minimum absolute atomic E-state index is 0.252. The Bertz CT molecular complexity index is 604. The van der Waals surface area contributed by atoms with E-state index in [-0.39, 0.29) is 5.46 Å². The van der Waals surface area contributed by atoms with Gasteiger partial charge in [0.1, 0.15) is 11.8 Å². The van der Waals surface area contributed by atoms with Crippen molar-refractivity contribution in [2.45, 2.75) is 0 Å². The van der Waals surface area contributed by atoms with Gasteiger partial charge in [0.2, 0.25) is 0 Å². The molecule has 1 aromatic heterocycles. The highest BCUT2D eigenvalue weighted by atomic mass is 16.5. The molecule has 0 amide bonds. The minimum atomic E-state index is -1.59. The number of hydrogen-bond donors (Lipinski definition) is 2. The lowest BCUT2D eigenvalue weighted by atomic mass is 9.83. The number of nitriles is 1. The van der Waals surface area contributed by atoms with Crippen LogP contribution in [0.2, 0.25) is 0 Å². The van der Waals surface area contributed by atoms with Gasteiger partial charge in [-0.25, -0.2) is 4.68 Å². The SMILES string of the molecule is COc1ccc(C#N)c(-n2cc(B(O)O)cn2)c1. The first-order valence-electron chi connectivity index (χ1n) is 5.15. The van der Waals surface area contributed by atoms with Crippen molar-refractivity contribution in [2.75, 3.05) is 7.11 Å². The second-order valence-corrected chi connectivity index (χ2v) is 3.59. The van der Waals surface area contributed by atoms with E-state index in [9.17, 15) is 0 Å². The van der Waals surface area contributed by atoms with Gasteiger partial charge in [-0.15, -0.1) is 0 Å². The molecule has 0 aliphatic rings. The van der Waals surface area contributed by atoms with Gasteiger partial charge in [0, 0.05) is 23.9 Å². The van der Waals surface area contributed by atoms with Crippen molar-refractivity contribution in [1.29, 1.82) is 5.26 Å². The van der Waals surface area contributed by atoms with E-state index in [0.717, 1.165) is 0 Å². The maximum atomic E-state index is 9.03. The third-order valence-corrected chi connectivity index (χ3v) is 2.47. The fraction of sp³-hybridized carbons (Fsp3) is 0.0909. The van der Waals surface area contributed by atoms with E-state index < -0.39 is 7.12 Å². The Hall–Kier alpha value is -2.30. The van der Waals surface area contributed by atoms with Gasteiger partial charge < -0.3 is 14.8 Å². The van der Waals surface area contributed by atoms with E-state index in [1.165, 1.54) is 24.2 Å². The first kappa shape index (κ1) is 12.2. The summed E-state index contributed by atoms with van der Waals surface area (Å²) in [6.07, 6.45) is 2.77. The van der Waals surface area contributed by atoms with Gasteiger partial charge in [-0.05, 0) is 12.1 Å². The van der Waals surface area contributed by atoms with Crippen molar-refractivity contribution in [3.05, 3.63) is 36.2 Å². The van der Waals surface area contributed by atoms with Crippen molar-refractivity contribution in [2.24, 2.45) is 0 Å². The normalized spacial score (nSPS) is 9.89. The second-order valence-electron chi connectivity index (χ2n) is 3.59. The molecule has 0 bridgehead atoms. The van der Waals surface area contributed by atoms with Gasteiger partial charge in [-0.1, -0.05) is 0 Å². The molecular formula is C11H10BN3O3. The van der Waals surface area contributed by atoms with Crippen molar-refractivity contribution < 1.29 is 14.8 Å². The van der Waals surface area contributed by atoms with Crippen LogP contribution in [0.15, 0.2) is 30.6 Å². The van der Waals surface area contributed by atoms with Crippen molar-refractivity contribution >= 4 is 12.6 Å². The number of aromatic nitrogens is 2. The maximum absolute atomic E-state index is 9.03. The lowest BCUT2D eigenvalue weighted by Gasteiger charge is -2.06. The van der Waals surface area contributed by atoms with Crippen molar-refractivity contribution in [1.82, 2.24) is 9.78 Å². The maximum Gasteiger partial charge on any atom is 0.491 e. The molecule has 0 unspecified atom stereocenters. The Labute approximate surface area is 104 Å². The summed E-state index contributed by atoms with van der Waals surface area (Å²) in [5.74, 6) is 0.589. The molecule has 0 spiro atoms. The summed E-state index contributed by atoms with van der Waals surface area (Å²) in [4.78, 5) is 0. The van der Waals surface area contributed by atoms with Crippen LogP contribution in [0.4, 0.5) is 0 Å². The molecule has 0 saturated heterocycles. The van der Waals surface area contributed by atoms with Gasteiger partial charge >= 0.3 is 7.12 Å². The lowest BCUT2D eigenvalue weighted by molar-refractivity contribution is 0.414. The zero-order chi connectivity index (χ0) is 13.1. The molecule has 6 nitrogen and oxygen atoms in total. The van der Waals surface area contributed by atoms with E-state index in [1.54, 1.807) is 18.2 Å². The quantitative estimate of drug-likeness (QED) is 0.704. The third kappa shape index (κ3) is 2.20. The van der Waals surface area contributed by atoms with E-state index in [0.29, 0.717) is 17.0 Å². The molecule has 0 aliphatic heterocycles. The van der Waals surface area contributed by atoms with Crippen LogP contribution >= 0.6 is 0 Å². The van der Waals surface area contributed by atoms with Crippen LogP contribution in [0.5, 0.6) is 5.75 Å². The van der Waals surface area contributed by atoms with Crippen LogP contribution in [0.25, 0.3) is 5.69 Å². The molecule has 0 aliphatic carbocycles. The van der Waals surface area contributed by atoms with Gasteiger partial charge in [-0.2, -0.15) is 10.4 Å². The van der Waals surface area contributed by atoms with Crippen LogP contribution in [-0.2, 0) is 0 Å². The number of rotatable bonds is 3. The van der Waals surface area contributed by atoms with Crippen LogP contribution < -0.4 is 10.2 Å². The summed E-state index contributed by atoms with van der Waals surface area (Å²) < 4.78 is 6.48. The lowest BCUT2D eigenvalue weighted by Crippen LogP contribution is -2.28. The summed E-state index contributed by atoms with van der Waals surface area (Å²) in [6.45, 7) is 0. The predicted molar refractivity (Wildman–Crippen MR) is 64.7 cm³/mol. The number of benzene rings is 1. The summed E-state index contributed by atoms with van der Waals surface area (Å²) in [7, 11) is -0.0631. The van der Waals surface area contributed by atoms with Gasteiger partial charge in [0.25, 0.3) is 0 Å². The van der Waals surface area contributed by atoms with Crippen LogP contribution in [0, 0.1) is 11.3 Å². The highest BCUT2D eigenvalue weighted by molar-refractivity contribution is 6.58. The summed E-state index contributed by atoms with van der Waals surface area (Å²) in [6, 6.07) is 6.98. The molecule has 2 rings (SSSR count). The molecule has 2 aromatic rings. The molecule has 1 heterocycles. The summed E-state index contributed by atoms with van der Waals surface area (Å²) in [5.41, 5.74) is 1.18. The molecule has 0 radical (unpaired) electrons. The monoisotopic (exact) mass is 243 g/mol. The molecule has 0 fully saturated rings. The highest BCUT2D eigenvalue weighted by Gasteiger charge is 2.15. The molecule has 0 saturated carbocycles. The van der Waals surface area contributed by atoms with Crippen molar-refractivity contribution in [3.63, 3.8) is 0 Å². The predicted octanol–water partition coefficient (Wildman–Crippen LogP) is -0.568. The molecule has 90 valence electrons. The number of methoxy groups -OCH3 is 1. The number of hydrogen-bond acceptors (Lipinski definition) is 5. The molecule has 7 heteroatoms. The molecule has 0 atom stereocenters. The first-order valence-corrected chi connectivity index (χ1v) is 5.15. The fourth-order valence-electron chi connectivity index (χ4n) is 1.52. The average molecular weight is 243 g/mol. The Morgan fingerprint density at radius 2 is 2.22 bits per heavy atom. The third-order valence-electron chi connectivity index (χ3n) is 2.47. The van der Waals surface area contributed by atoms with E-state index in [2.05, 4.69) is 5.10 Å². The van der Waals surface area contributed by atoms with E-state index >= 15 is 0 Å². The van der Waals surface area contributed by atoms with Crippen molar-refractivity contribution in [3.8, 4) is 17.5 Å². The molecule has 18 heavy (non-hydrogen) atoms. The van der Waals surface area contributed by atoms with Gasteiger partial charge in [0.05, 0.1) is 18.4 Å². The molecule has 1 aromatic carbocycles. The zero-order valence-electron chi connectivity index (χ0n) is 9.61. The average Bonchev–Trinajstić information content (AvgIpc) is 2.87. The number of ether oxygens (including phenoxy) is 1. The molecule has 2 N–H and O–H groups in total. The van der Waals surface area contributed by atoms with Crippen LogP contribution in [-0.4, -0.2) is 34.1 Å². The largest absolute Gasteiger partial charge is 0.497 e. The smallest absolute Gasteiger partial charge is 0.491 e. The Balaban J connectivity index is 2.51. The standard InChI is InChI=1S/C11H10BN3O3/c1-18-10-3-2-8(5-13)11(4-10)15-7-9(6-14-15)12(16)17/h2-4,6-7,16-17H,1H3. The molecular weight excluding hydrogens is 233 g/mol. The Kier molecular flexibility index (Phi) is 3.32. The van der Waals surface area contributed by atoms with E-state index in [4.69, 9.17) is 20.0 Å². The van der Waals surface area contributed by atoms with E-state index in [1.807, 2.05) is 6.07 Å². The van der Waals surface area contributed by atoms with Gasteiger partial charge in [0.15, 0.2) is 0 Å². The second kappa shape index (κ2) is 4.92. The minimum Gasteiger partial charge on any atom is -0.497 e. The highest BCUT2D eigenvalue weighted by Crippen LogP contribution is 2.19. The Morgan fingerprint density at radius 1 is 1.44 bits per heavy atom. The zero-order valence-corrected chi connectivity index (χ0v) is 9.61. The topological polar surface area (TPSA) is 91.3 Å².